The van der Waals surface area contributed by atoms with Crippen molar-refractivity contribution >= 4 is 17.1 Å². The minimum Gasteiger partial charge on any atom is -0.428 e. The van der Waals surface area contributed by atoms with Gasteiger partial charge in [0.25, 0.3) is 0 Å². The number of hydrogen-bond acceptors (Lipinski definition) is 3. The average Bonchev–Trinajstić information content (AvgIpc) is 3.04. The highest BCUT2D eigenvalue weighted by molar-refractivity contribution is 6.27. The van der Waals surface area contributed by atoms with Gasteiger partial charge in [0.2, 0.25) is 6.29 Å². The number of ether oxygens (including phenoxy) is 2. The zero-order chi connectivity index (χ0) is 17.8. The standard InChI is InChI=1S/C23H18O3/c24-22-20(18-12-6-2-7-13-18)21(19-14-8-3-9-15-19)23(26-22)25-16-17-10-4-1-5-11-17/h1-15,23H,16H2. The van der Waals surface area contributed by atoms with Crippen molar-refractivity contribution in [3.63, 3.8) is 0 Å². The van der Waals surface area contributed by atoms with Crippen molar-refractivity contribution in [3.8, 4) is 0 Å². The molecule has 128 valence electrons. The highest BCUT2D eigenvalue weighted by Crippen LogP contribution is 2.38. The first kappa shape index (κ1) is 16.3. The molecule has 3 nitrogen and oxygen atoms in total. The molecule has 3 aromatic carbocycles. The van der Waals surface area contributed by atoms with E-state index >= 15 is 0 Å². The Bertz CT molecular complexity index is 915. The van der Waals surface area contributed by atoms with E-state index in [2.05, 4.69) is 0 Å². The molecule has 1 aliphatic rings. The van der Waals surface area contributed by atoms with Gasteiger partial charge in [-0.25, -0.2) is 4.79 Å². The maximum absolute atomic E-state index is 12.6. The second-order valence-electron chi connectivity index (χ2n) is 6.05. The van der Waals surface area contributed by atoms with Gasteiger partial charge in [-0.1, -0.05) is 91.0 Å². The van der Waals surface area contributed by atoms with Gasteiger partial charge < -0.3 is 9.47 Å². The van der Waals surface area contributed by atoms with Crippen LogP contribution in [-0.4, -0.2) is 12.3 Å². The lowest BCUT2D eigenvalue weighted by atomic mass is 9.96. The van der Waals surface area contributed by atoms with Gasteiger partial charge in [-0.3, -0.25) is 0 Å². The van der Waals surface area contributed by atoms with Crippen LogP contribution in [0.25, 0.3) is 11.1 Å². The predicted molar refractivity (Wildman–Crippen MR) is 101 cm³/mol. The van der Waals surface area contributed by atoms with E-state index in [-0.39, 0.29) is 5.97 Å². The second-order valence-corrected chi connectivity index (χ2v) is 6.05. The summed E-state index contributed by atoms with van der Waals surface area (Å²) in [4.78, 5) is 12.6. The number of carbonyl (C=O) groups excluding carboxylic acids is 1. The third kappa shape index (κ3) is 3.30. The molecule has 1 aliphatic heterocycles. The highest BCUT2D eigenvalue weighted by Gasteiger charge is 2.36. The number of carbonyl (C=O) groups is 1. The largest absolute Gasteiger partial charge is 0.428 e. The first-order valence-electron chi connectivity index (χ1n) is 8.54. The predicted octanol–water partition coefficient (Wildman–Crippen LogP) is 4.70. The average molecular weight is 342 g/mol. The van der Waals surface area contributed by atoms with Crippen LogP contribution in [0.1, 0.15) is 16.7 Å². The van der Waals surface area contributed by atoms with Crippen LogP contribution < -0.4 is 0 Å². The number of hydrogen-bond donors (Lipinski definition) is 0. The monoisotopic (exact) mass is 342 g/mol. The summed E-state index contributed by atoms with van der Waals surface area (Å²) in [6.45, 7) is 0.372. The van der Waals surface area contributed by atoms with Crippen molar-refractivity contribution in [2.75, 3.05) is 0 Å². The maximum Gasteiger partial charge on any atom is 0.341 e. The summed E-state index contributed by atoms with van der Waals surface area (Å²) in [6, 6.07) is 29.2. The fourth-order valence-corrected chi connectivity index (χ4v) is 3.08. The van der Waals surface area contributed by atoms with Crippen molar-refractivity contribution in [2.24, 2.45) is 0 Å². The van der Waals surface area contributed by atoms with Gasteiger partial charge in [0.15, 0.2) is 0 Å². The van der Waals surface area contributed by atoms with E-state index in [0.717, 1.165) is 22.3 Å². The van der Waals surface area contributed by atoms with Crippen LogP contribution in [0.2, 0.25) is 0 Å². The summed E-state index contributed by atoms with van der Waals surface area (Å²) in [5, 5.41) is 0. The minimum absolute atomic E-state index is 0.354. The number of rotatable bonds is 5. The minimum atomic E-state index is -0.722. The Morgan fingerprint density at radius 3 is 1.88 bits per heavy atom. The summed E-state index contributed by atoms with van der Waals surface area (Å²) in [5.41, 5.74) is 4.13. The van der Waals surface area contributed by atoms with Gasteiger partial charge in [-0.2, -0.15) is 0 Å². The van der Waals surface area contributed by atoms with Crippen LogP contribution in [0.3, 0.4) is 0 Å². The van der Waals surface area contributed by atoms with Crippen LogP contribution in [0.4, 0.5) is 0 Å². The molecule has 0 saturated heterocycles. The third-order valence-corrected chi connectivity index (χ3v) is 4.31. The Morgan fingerprint density at radius 2 is 1.27 bits per heavy atom. The molecule has 0 radical (unpaired) electrons. The summed E-state index contributed by atoms with van der Waals surface area (Å²) < 4.78 is 11.6. The molecule has 0 bridgehead atoms. The third-order valence-electron chi connectivity index (χ3n) is 4.31. The maximum atomic E-state index is 12.6. The number of benzene rings is 3. The van der Waals surface area contributed by atoms with Crippen LogP contribution in [0.15, 0.2) is 91.0 Å². The van der Waals surface area contributed by atoms with Gasteiger partial charge in [0.1, 0.15) is 0 Å². The summed E-state index contributed by atoms with van der Waals surface area (Å²) in [6.07, 6.45) is -0.722. The van der Waals surface area contributed by atoms with Gasteiger partial charge >= 0.3 is 5.97 Å². The fourth-order valence-electron chi connectivity index (χ4n) is 3.08. The molecule has 3 heteroatoms. The van der Waals surface area contributed by atoms with Crippen molar-refractivity contribution in [1.82, 2.24) is 0 Å². The lowest BCUT2D eigenvalue weighted by Gasteiger charge is -2.15. The zero-order valence-corrected chi connectivity index (χ0v) is 14.2. The van der Waals surface area contributed by atoms with Crippen LogP contribution in [-0.2, 0) is 20.9 Å². The molecular formula is C23H18O3. The van der Waals surface area contributed by atoms with Crippen LogP contribution >= 0.6 is 0 Å². The topological polar surface area (TPSA) is 35.5 Å². The molecule has 26 heavy (non-hydrogen) atoms. The summed E-state index contributed by atoms with van der Waals surface area (Å²) in [5.74, 6) is -0.354. The van der Waals surface area contributed by atoms with Crippen molar-refractivity contribution in [3.05, 3.63) is 108 Å². The van der Waals surface area contributed by atoms with Crippen molar-refractivity contribution < 1.29 is 14.3 Å². The van der Waals surface area contributed by atoms with E-state index in [4.69, 9.17) is 9.47 Å². The number of esters is 1. The molecule has 1 atom stereocenters. The Labute approximate surface area is 152 Å². The molecule has 1 unspecified atom stereocenters. The Hall–Kier alpha value is -3.17. The zero-order valence-electron chi connectivity index (χ0n) is 14.2. The van der Waals surface area contributed by atoms with Crippen LogP contribution in [0, 0.1) is 0 Å². The van der Waals surface area contributed by atoms with E-state index in [1.165, 1.54) is 0 Å². The summed E-state index contributed by atoms with van der Waals surface area (Å²) in [7, 11) is 0. The van der Waals surface area contributed by atoms with E-state index in [1.807, 2.05) is 91.0 Å². The Balaban J connectivity index is 1.72. The Morgan fingerprint density at radius 1 is 0.731 bits per heavy atom. The molecule has 0 N–H and O–H groups in total. The molecular weight excluding hydrogens is 324 g/mol. The normalized spacial score (nSPS) is 16.6. The lowest BCUT2D eigenvalue weighted by Crippen LogP contribution is -2.15. The van der Waals surface area contributed by atoms with Gasteiger partial charge in [0.05, 0.1) is 12.2 Å². The molecule has 0 amide bonds. The van der Waals surface area contributed by atoms with Gasteiger partial charge in [-0.15, -0.1) is 0 Å². The molecule has 0 aliphatic carbocycles. The van der Waals surface area contributed by atoms with Crippen molar-refractivity contribution in [1.29, 1.82) is 0 Å². The number of cyclic esters (lactones) is 1. The fraction of sp³-hybridized carbons (Fsp3) is 0.0870. The summed E-state index contributed by atoms with van der Waals surface area (Å²) >= 11 is 0. The highest BCUT2D eigenvalue weighted by atomic mass is 16.7. The molecule has 4 rings (SSSR count). The SMILES string of the molecule is O=C1OC(OCc2ccccc2)C(c2ccccc2)=C1c1ccccc1. The Kier molecular flexibility index (Phi) is 4.63. The quantitative estimate of drug-likeness (QED) is 0.631. The molecule has 3 aromatic rings. The van der Waals surface area contributed by atoms with Crippen molar-refractivity contribution in [2.45, 2.75) is 12.9 Å². The van der Waals surface area contributed by atoms with E-state index in [1.54, 1.807) is 0 Å². The van der Waals surface area contributed by atoms with Crippen LogP contribution in [0.5, 0.6) is 0 Å². The van der Waals surface area contributed by atoms with Gasteiger partial charge in [-0.05, 0) is 16.7 Å². The van der Waals surface area contributed by atoms with E-state index < -0.39 is 6.29 Å². The molecule has 0 spiro atoms. The lowest BCUT2D eigenvalue weighted by molar-refractivity contribution is -0.157. The van der Waals surface area contributed by atoms with E-state index in [0.29, 0.717) is 12.2 Å². The van der Waals surface area contributed by atoms with Gasteiger partial charge in [0, 0.05) is 5.57 Å². The molecule has 0 saturated carbocycles. The molecule has 1 heterocycles. The van der Waals surface area contributed by atoms with E-state index in [9.17, 15) is 4.79 Å². The first-order chi connectivity index (χ1) is 12.8. The molecule has 0 aromatic heterocycles. The smallest absolute Gasteiger partial charge is 0.341 e. The molecule has 0 fully saturated rings. The first-order valence-corrected chi connectivity index (χ1v) is 8.54. The second kappa shape index (κ2) is 7.38.